The summed E-state index contributed by atoms with van der Waals surface area (Å²) in [7, 11) is -0.926. The van der Waals surface area contributed by atoms with E-state index in [0.717, 1.165) is 12.8 Å². The van der Waals surface area contributed by atoms with Gasteiger partial charge in [0, 0.05) is 12.5 Å². The number of benzene rings is 2. The summed E-state index contributed by atoms with van der Waals surface area (Å²) in [6, 6.07) is 14.3. The first-order chi connectivity index (χ1) is 13.9. The van der Waals surface area contributed by atoms with Crippen LogP contribution in [0, 0.1) is 0 Å². The average Bonchev–Trinajstić information content (AvgIpc) is 2.75. The molecule has 2 aromatic rings. The zero-order valence-electron chi connectivity index (χ0n) is 16.6. The summed E-state index contributed by atoms with van der Waals surface area (Å²) in [4.78, 5) is 11.8. The molecule has 0 fully saturated rings. The van der Waals surface area contributed by atoms with Crippen molar-refractivity contribution >= 4 is 15.7 Å². The molecule has 7 nitrogen and oxygen atoms in total. The molecule has 0 saturated heterocycles. The number of rotatable bonds is 11. The van der Waals surface area contributed by atoms with Gasteiger partial charge in [-0.25, -0.2) is 13.9 Å². The van der Waals surface area contributed by atoms with E-state index in [1.54, 1.807) is 0 Å². The Morgan fingerprint density at radius 2 is 1.72 bits per heavy atom. The number of unbranched alkanes of at least 4 members (excludes halogenated alkanes) is 1. The molecule has 8 heteroatoms. The minimum atomic E-state index is -3.82. The molecule has 1 atom stereocenters. The maximum atomic E-state index is 13.2. The van der Waals surface area contributed by atoms with Crippen LogP contribution in [0.2, 0.25) is 0 Å². The SMILES string of the molecule is COc1ccc(S(=O)(=O)[C@H](CCCCc2ccccc2)CC(=O)NO)cc1OC. The van der Waals surface area contributed by atoms with Crippen molar-refractivity contribution in [3.8, 4) is 11.5 Å². The van der Waals surface area contributed by atoms with Crippen molar-refractivity contribution in [2.75, 3.05) is 14.2 Å². The fraction of sp³-hybridized carbons (Fsp3) is 0.381. The standard InChI is InChI=1S/C21H27NO6S/c1-27-19-13-12-18(14-20(19)28-2)29(25,26)17(15-21(23)22-24)11-7-6-10-16-8-4-3-5-9-16/h3-5,8-9,12-14,17,24H,6-7,10-11,15H2,1-2H3,(H,22,23)/t17-/m1/s1. The molecule has 2 aromatic carbocycles. The van der Waals surface area contributed by atoms with Gasteiger partial charge >= 0.3 is 0 Å². The fourth-order valence-corrected chi connectivity index (χ4v) is 4.91. The van der Waals surface area contributed by atoms with Gasteiger partial charge in [0.25, 0.3) is 0 Å². The first-order valence-corrected chi connectivity index (χ1v) is 10.9. The van der Waals surface area contributed by atoms with Gasteiger partial charge < -0.3 is 9.47 Å². The second kappa shape index (κ2) is 10.8. The van der Waals surface area contributed by atoms with E-state index >= 15 is 0 Å². The maximum absolute atomic E-state index is 13.2. The lowest BCUT2D eigenvalue weighted by Gasteiger charge is -2.18. The molecule has 0 aliphatic carbocycles. The van der Waals surface area contributed by atoms with Crippen molar-refractivity contribution in [3.05, 3.63) is 54.1 Å². The first-order valence-electron chi connectivity index (χ1n) is 9.35. The first kappa shape index (κ1) is 22.7. The van der Waals surface area contributed by atoms with E-state index in [1.165, 1.54) is 43.5 Å². The van der Waals surface area contributed by atoms with Crippen LogP contribution in [0.25, 0.3) is 0 Å². The number of hydrogen-bond donors (Lipinski definition) is 2. The van der Waals surface area contributed by atoms with E-state index in [1.807, 2.05) is 30.3 Å². The molecule has 0 aliphatic heterocycles. The highest BCUT2D eigenvalue weighted by Gasteiger charge is 2.30. The molecule has 0 unspecified atom stereocenters. The Morgan fingerprint density at radius 1 is 1.03 bits per heavy atom. The van der Waals surface area contributed by atoms with E-state index < -0.39 is 21.0 Å². The van der Waals surface area contributed by atoms with Gasteiger partial charge in [0.15, 0.2) is 21.3 Å². The van der Waals surface area contributed by atoms with Crippen LogP contribution in [0.5, 0.6) is 11.5 Å². The smallest absolute Gasteiger partial charge is 0.244 e. The topological polar surface area (TPSA) is 102 Å². The summed E-state index contributed by atoms with van der Waals surface area (Å²) in [6.45, 7) is 0. The van der Waals surface area contributed by atoms with Crippen LogP contribution >= 0.6 is 0 Å². The molecule has 0 saturated carbocycles. The summed E-state index contributed by atoms with van der Waals surface area (Å²) in [5.74, 6) is -0.0240. The van der Waals surface area contributed by atoms with Crippen molar-refractivity contribution in [1.29, 1.82) is 0 Å². The Kier molecular flexibility index (Phi) is 8.48. The molecule has 29 heavy (non-hydrogen) atoms. The maximum Gasteiger partial charge on any atom is 0.244 e. The van der Waals surface area contributed by atoms with E-state index in [0.29, 0.717) is 24.3 Å². The number of nitrogens with one attached hydrogen (secondary N) is 1. The van der Waals surface area contributed by atoms with Crippen molar-refractivity contribution in [1.82, 2.24) is 5.48 Å². The third kappa shape index (κ3) is 6.20. The molecule has 0 spiro atoms. The normalized spacial score (nSPS) is 12.2. The van der Waals surface area contributed by atoms with Crippen molar-refractivity contribution in [2.24, 2.45) is 0 Å². The Balaban J connectivity index is 2.15. The number of ether oxygens (including phenoxy) is 2. The van der Waals surface area contributed by atoms with Gasteiger partial charge in [-0.05, 0) is 37.0 Å². The third-order valence-electron chi connectivity index (χ3n) is 4.74. The van der Waals surface area contributed by atoms with Crippen LogP contribution in [0.1, 0.15) is 31.2 Å². The van der Waals surface area contributed by atoms with Gasteiger partial charge in [0.1, 0.15) is 0 Å². The molecule has 2 N–H and O–H groups in total. The van der Waals surface area contributed by atoms with E-state index in [2.05, 4.69) is 0 Å². The van der Waals surface area contributed by atoms with Crippen molar-refractivity contribution in [3.63, 3.8) is 0 Å². The van der Waals surface area contributed by atoms with E-state index in [9.17, 15) is 13.2 Å². The zero-order valence-corrected chi connectivity index (χ0v) is 17.4. The number of carbonyl (C=O) groups excluding carboxylic acids is 1. The van der Waals surface area contributed by atoms with Crippen molar-refractivity contribution < 1.29 is 27.9 Å². The molecule has 2 rings (SSSR count). The highest BCUT2D eigenvalue weighted by molar-refractivity contribution is 7.92. The zero-order chi connectivity index (χ0) is 21.3. The van der Waals surface area contributed by atoms with Gasteiger partial charge in [-0.2, -0.15) is 0 Å². The summed E-state index contributed by atoms with van der Waals surface area (Å²) in [5, 5.41) is 7.90. The molecule has 1 amide bonds. The lowest BCUT2D eigenvalue weighted by atomic mass is 10.1. The fourth-order valence-electron chi connectivity index (χ4n) is 3.15. The number of methoxy groups -OCH3 is 2. The Morgan fingerprint density at radius 3 is 2.34 bits per heavy atom. The predicted molar refractivity (Wildman–Crippen MR) is 109 cm³/mol. The summed E-state index contributed by atoms with van der Waals surface area (Å²) < 4.78 is 36.7. The van der Waals surface area contributed by atoms with Gasteiger partial charge in [0.05, 0.1) is 24.4 Å². The second-order valence-corrected chi connectivity index (χ2v) is 8.88. The molecule has 0 aromatic heterocycles. The number of hydrogen-bond acceptors (Lipinski definition) is 6. The summed E-state index contributed by atoms with van der Waals surface area (Å²) in [6.07, 6.45) is 2.24. The number of aryl methyl sites for hydroxylation is 1. The Labute approximate surface area is 171 Å². The van der Waals surface area contributed by atoms with Gasteiger partial charge in [0.2, 0.25) is 5.91 Å². The van der Waals surface area contributed by atoms with Crippen molar-refractivity contribution in [2.45, 2.75) is 42.2 Å². The molecule has 0 aliphatic rings. The molecule has 0 radical (unpaired) electrons. The number of sulfone groups is 1. The number of carbonyl (C=O) groups is 1. The Bertz CT molecular complexity index is 899. The molecule has 0 heterocycles. The van der Waals surface area contributed by atoms with Crippen LogP contribution in [-0.4, -0.2) is 39.0 Å². The largest absolute Gasteiger partial charge is 0.493 e. The number of amides is 1. The molecule has 158 valence electrons. The lowest BCUT2D eigenvalue weighted by Crippen LogP contribution is -2.30. The summed E-state index contributed by atoms with van der Waals surface area (Å²) >= 11 is 0. The Hall–Kier alpha value is -2.58. The van der Waals surface area contributed by atoms with Crippen LogP contribution in [0.3, 0.4) is 0 Å². The highest BCUT2D eigenvalue weighted by Crippen LogP contribution is 2.32. The average molecular weight is 422 g/mol. The minimum Gasteiger partial charge on any atom is -0.493 e. The molecular weight excluding hydrogens is 394 g/mol. The molecule has 0 bridgehead atoms. The van der Waals surface area contributed by atoms with Crippen LogP contribution in [0.4, 0.5) is 0 Å². The second-order valence-electron chi connectivity index (χ2n) is 6.65. The quantitative estimate of drug-likeness (QED) is 0.328. The van der Waals surface area contributed by atoms with Gasteiger partial charge in [-0.3, -0.25) is 10.0 Å². The van der Waals surface area contributed by atoms with E-state index in [-0.39, 0.29) is 11.3 Å². The monoisotopic (exact) mass is 421 g/mol. The highest BCUT2D eigenvalue weighted by atomic mass is 32.2. The number of hydroxylamine groups is 1. The van der Waals surface area contributed by atoms with Crippen LogP contribution < -0.4 is 15.0 Å². The van der Waals surface area contributed by atoms with Crippen LogP contribution in [0.15, 0.2) is 53.4 Å². The van der Waals surface area contributed by atoms with Gasteiger partial charge in [-0.1, -0.05) is 36.8 Å². The lowest BCUT2D eigenvalue weighted by molar-refractivity contribution is -0.129. The van der Waals surface area contributed by atoms with E-state index in [4.69, 9.17) is 14.7 Å². The minimum absolute atomic E-state index is 0.0500. The third-order valence-corrected chi connectivity index (χ3v) is 6.94. The summed E-state index contributed by atoms with van der Waals surface area (Å²) in [5.41, 5.74) is 2.71. The van der Waals surface area contributed by atoms with Crippen LogP contribution in [-0.2, 0) is 21.1 Å². The van der Waals surface area contributed by atoms with Gasteiger partial charge in [-0.15, -0.1) is 0 Å². The molecular formula is C21H27NO6S. The predicted octanol–water partition coefficient (Wildman–Crippen LogP) is 3.15.